The Hall–Kier alpha value is -3.45. The van der Waals surface area contributed by atoms with Gasteiger partial charge in [0, 0.05) is 55.9 Å². The van der Waals surface area contributed by atoms with Gasteiger partial charge in [-0.2, -0.15) is 0 Å². The van der Waals surface area contributed by atoms with Crippen LogP contribution in [0.4, 0.5) is 5.69 Å². The van der Waals surface area contributed by atoms with Crippen LogP contribution in [0.3, 0.4) is 0 Å². The largest absolute Gasteiger partial charge is 0.478 e. The molecule has 0 saturated heterocycles. The predicted molar refractivity (Wildman–Crippen MR) is 125 cm³/mol. The lowest BCUT2D eigenvalue weighted by molar-refractivity contribution is 0.273. The Morgan fingerprint density at radius 1 is 0.839 bits per heavy atom. The first-order chi connectivity index (χ1) is 15.0. The lowest BCUT2D eigenvalue weighted by atomic mass is 10.1. The van der Waals surface area contributed by atoms with Crippen LogP contribution in [0, 0.1) is 0 Å². The van der Waals surface area contributed by atoms with Crippen LogP contribution >= 0.6 is 0 Å². The van der Waals surface area contributed by atoms with Crippen molar-refractivity contribution in [3.8, 4) is 28.4 Å². The van der Waals surface area contributed by atoms with Crippen LogP contribution in [0.25, 0.3) is 28.2 Å². The van der Waals surface area contributed by atoms with Crippen molar-refractivity contribution in [2.75, 3.05) is 46.2 Å². The van der Waals surface area contributed by atoms with Gasteiger partial charge in [0.2, 0.25) is 5.88 Å². The topological polar surface area (TPSA) is 58.8 Å². The van der Waals surface area contributed by atoms with E-state index in [1.54, 1.807) is 12.4 Å². The van der Waals surface area contributed by atoms with Crippen LogP contribution in [0.2, 0.25) is 0 Å². The number of fused-ring (bicyclic) bond motifs is 1. The van der Waals surface area contributed by atoms with E-state index >= 15 is 0 Å². The highest BCUT2D eigenvalue weighted by molar-refractivity contribution is 5.68. The highest BCUT2D eigenvalue weighted by atomic mass is 16.5. The Morgan fingerprint density at radius 2 is 1.61 bits per heavy atom. The molecule has 4 aromatic rings. The van der Waals surface area contributed by atoms with Crippen LogP contribution in [0.5, 0.6) is 5.88 Å². The number of rotatable bonds is 8. The Labute approximate surface area is 183 Å². The molecule has 7 heteroatoms. The highest BCUT2D eigenvalue weighted by Crippen LogP contribution is 2.25. The Bertz CT molecular complexity index is 1130. The van der Waals surface area contributed by atoms with E-state index in [1.165, 1.54) is 0 Å². The molecule has 3 aromatic heterocycles. The average Bonchev–Trinajstić information content (AvgIpc) is 3.20. The second-order valence-electron chi connectivity index (χ2n) is 7.98. The summed E-state index contributed by atoms with van der Waals surface area (Å²) in [5, 5.41) is 0. The van der Waals surface area contributed by atoms with Crippen molar-refractivity contribution >= 4 is 11.3 Å². The van der Waals surface area contributed by atoms with E-state index in [0.717, 1.165) is 46.8 Å². The third-order valence-electron chi connectivity index (χ3n) is 5.11. The standard InChI is InChI=1S/C24H28N6O/c1-28(2)12-5-13-31-24-11-8-19(14-27-24)21-17-30-22(15-26-23(30)16-25-21)18-6-9-20(10-7-18)29(3)4/h6-11,14-17H,5,12-13H2,1-4H3. The molecule has 3 heterocycles. The lowest BCUT2D eigenvalue weighted by Gasteiger charge is -2.12. The van der Waals surface area contributed by atoms with Crippen molar-refractivity contribution in [1.82, 2.24) is 24.3 Å². The van der Waals surface area contributed by atoms with Crippen LogP contribution in [-0.4, -0.2) is 65.6 Å². The highest BCUT2D eigenvalue weighted by Gasteiger charge is 2.09. The molecular formula is C24H28N6O. The molecule has 0 aliphatic carbocycles. The summed E-state index contributed by atoms with van der Waals surface area (Å²) in [5.74, 6) is 0.632. The molecular weight excluding hydrogens is 388 g/mol. The first kappa shape index (κ1) is 20.8. The van der Waals surface area contributed by atoms with Gasteiger partial charge in [0.05, 0.1) is 30.4 Å². The molecule has 0 amide bonds. The molecule has 0 aliphatic rings. The lowest BCUT2D eigenvalue weighted by Crippen LogP contribution is -2.15. The third kappa shape index (κ3) is 4.83. The zero-order chi connectivity index (χ0) is 21.8. The zero-order valence-corrected chi connectivity index (χ0v) is 18.5. The summed E-state index contributed by atoms with van der Waals surface area (Å²) in [6, 6.07) is 12.3. The van der Waals surface area contributed by atoms with Crippen molar-refractivity contribution in [2.45, 2.75) is 6.42 Å². The maximum absolute atomic E-state index is 5.73. The number of aromatic nitrogens is 4. The van der Waals surface area contributed by atoms with Crippen molar-refractivity contribution in [1.29, 1.82) is 0 Å². The Balaban J connectivity index is 1.54. The van der Waals surface area contributed by atoms with Gasteiger partial charge >= 0.3 is 0 Å². The molecule has 7 nitrogen and oxygen atoms in total. The van der Waals surface area contributed by atoms with E-state index in [0.29, 0.717) is 12.5 Å². The number of hydrogen-bond acceptors (Lipinski definition) is 6. The fourth-order valence-corrected chi connectivity index (χ4v) is 3.36. The third-order valence-corrected chi connectivity index (χ3v) is 5.11. The number of ether oxygens (including phenoxy) is 1. The van der Waals surface area contributed by atoms with E-state index < -0.39 is 0 Å². The number of anilines is 1. The van der Waals surface area contributed by atoms with E-state index in [2.05, 4.69) is 67.5 Å². The fraction of sp³-hybridized carbons (Fsp3) is 0.292. The molecule has 1 aromatic carbocycles. The number of nitrogens with zero attached hydrogens (tertiary/aromatic N) is 6. The zero-order valence-electron chi connectivity index (χ0n) is 18.5. The molecule has 0 spiro atoms. The molecule has 0 saturated carbocycles. The minimum Gasteiger partial charge on any atom is -0.478 e. The second kappa shape index (κ2) is 9.14. The van der Waals surface area contributed by atoms with Crippen LogP contribution in [0.15, 0.2) is 61.2 Å². The molecule has 160 valence electrons. The summed E-state index contributed by atoms with van der Waals surface area (Å²) in [5.41, 5.74) is 5.88. The average molecular weight is 417 g/mol. The van der Waals surface area contributed by atoms with Crippen molar-refractivity contribution in [3.63, 3.8) is 0 Å². The maximum atomic E-state index is 5.73. The number of benzene rings is 1. The van der Waals surface area contributed by atoms with E-state index in [-0.39, 0.29) is 0 Å². The molecule has 0 N–H and O–H groups in total. The molecule has 0 bridgehead atoms. The predicted octanol–water partition coefficient (Wildman–Crippen LogP) is 3.85. The van der Waals surface area contributed by atoms with Crippen molar-refractivity contribution < 1.29 is 4.74 Å². The summed E-state index contributed by atoms with van der Waals surface area (Å²) < 4.78 is 7.80. The SMILES string of the molecule is CN(C)CCCOc1ccc(-c2cn3c(-c4ccc(N(C)C)cc4)cnc3cn2)cn1. The van der Waals surface area contributed by atoms with Gasteiger partial charge < -0.3 is 14.5 Å². The minimum atomic E-state index is 0.632. The molecule has 0 radical (unpaired) electrons. The summed E-state index contributed by atoms with van der Waals surface area (Å²) in [6.45, 7) is 1.65. The van der Waals surface area contributed by atoms with Gasteiger partial charge in [-0.05, 0) is 38.7 Å². The van der Waals surface area contributed by atoms with Crippen LogP contribution in [-0.2, 0) is 0 Å². The van der Waals surface area contributed by atoms with E-state index in [1.807, 2.05) is 38.6 Å². The molecule has 0 aliphatic heterocycles. The number of pyridine rings is 1. The number of hydrogen-bond donors (Lipinski definition) is 0. The molecule has 4 rings (SSSR count). The summed E-state index contributed by atoms with van der Waals surface area (Å²) in [6.07, 6.45) is 8.45. The second-order valence-corrected chi connectivity index (χ2v) is 7.98. The van der Waals surface area contributed by atoms with Crippen molar-refractivity contribution in [2.24, 2.45) is 0 Å². The van der Waals surface area contributed by atoms with Crippen molar-refractivity contribution in [3.05, 3.63) is 61.2 Å². The molecule has 0 fully saturated rings. The monoisotopic (exact) mass is 416 g/mol. The van der Waals surface area contributed by atoms with Gasteiger partial charge in [0.25, 0.3) is 0 Å². The normalized spacial score (nSPS) is 11.3. The first-order valence-electron chi connectivity index (χ1n) is 10.4. The molecule has 0 atom stereocenters. The van der Waals surface area contributed by atoms with Crippen LogP contribution in [0.1, 0.15) is 6.42 Å². The summed E-state index contributed by atoms with van der Waals surface area (Å²) >= 11 is 0. The number of imidazole rings is 1. The van der Waals surface area contributed by atoms with Gasteiger partial charge in [-0.1, -0.05) is 12.1 Å². The summed E-state index contributed by atoms with van der Waals surface area (Å²) in [4.78, 5) is 17.7. The fourth-order valence-electron chi connectivity index (χ4n) is 3.36. The van der Waals surface area contributed by atoms with E-state index in [4.69, 9.17) is 4.74 Å². The molecule has 31 heavy (non-hydrogen) atoms. The van der Waals surface area contributed by atoms with Crippen LogP contribution < -0.4 is 9.64 Å². The van der Waals surface area contributed by atoms with Gasteiger partial charge in [-0.3, -0.25) is 9.38 Å². The van der Waals surface area contributed by atoms with Gasteiger partial charge in [-0.15, -0.1) is 0 Å². The van der Waals surface area contributed by atoms with Gasteiger partial charge in [-0.25, -0.2) is 9.97 Å². The molecule has 0 unspecified atom stereocenters. The first-order valence-corrected chi connectivity index (χ1v) is 10.4. The Morgan fingerprint density at radius 3 is 2.29 bits per heavy atom. The minimum absolute atomic E-state index is 0.632. The Kier molecular flexibility index (Phi) is 6.13. The summed E-state index contributed by atoms with van der Waals surface area (Å²) in [7, 11) is 8.19. The smallest absolute Gasteiger partial charge is 0.213 e. The maximum Gasteiger partial charge on any atom is 0.213 e. The van der Waals surface area contributed by atoms with Gasteiger partial charge in [0.1, 0.15) is 0 Å². The van der Waals surface area contributed by atoms with Gasteiger partial charge in [0.15, 0.2) is 5.65 Å². The van der Waals surface area contributed by atoms with E-state index in [9.17, 15) is 0 Å². The quantitative estimate of drug-likeness (QED) is 0.407.